The zero-order valence-electron chi connectivity index (χ0n) is 11.1. The molecule has 0 radical (unpaired) electrons. The van der Waals surface area contributed by atoms with E-state index in [0.29, 0.717) is 0 Å². The van der Waals surface area contributed by atoms with E-state index in [-0.39, 0.29) is 12.3 Å². The first-order chi connectivity index (χ1) is 9.54. The normalized spacial score (nSPS) is 10.3. The van der Waals surface area contributed by atoms with Crippen LogP contribution in [0.4, 0.5) is 0 Å². The lowest BCUT2D eigenvalue weighted by Crippen LogP contribution is -2.22. The Labute approximate surface area is 124 Å². The van der Waals surface area contributed by atoms with Gasteiger partial charge < -0.3 is 4.74 Å². The number of nitrogens with zero attached hydrogens (tertiary/aromatic N) is 2. The number of hydrogen-bond acceptors (Lipinski definition) is 4. The Morgan fingerprint density at radius 2 is 2.15 bits per heavy atom. The maximum Gasteiger partial charge on any atom is 0.362 e. The van der Waals surface area contributed by atoms with Gasteiger partial charge in [-0.3, -0.25) is 4.79 Å². The first kappa shape index (κ1) is 14.5. The minimum atomic E-state index is -0.709. The molecule has 0 saturated carbocycles. The number of hydrogen-bond donors (Lipinski definition) is 0. The van der Waals surface area contributed by atoms with Gasteiger partial charge in [-0.25, -0.2) is 9.48 Å². The van der Waals surface area contributed by atoms with E-state index in [0.717, 1.165) is 15.7 Å². The molecule has 20 heavy (non-hydrogen) atoms. The van der Waals surface area contributed by atoms with Gasteiger partial charge in [-0.05, 0) is 31.5 Å². The Bertz CT molecular complexity index is 710. The second-order valence-corrected chi connectivity index (χ2v) is 4.93. The fourth-order valence-electron chi connectivity index (χ4n) is 1.73. The van der Waals surface area contributed by atoms with Crippen LogP contribution in [-0.2, 0) is 4.74 Å². The van der Waals surface area contributed by atoms with Crippen LogP contribution in [0.15, 0.2) is 39.7 Å². The van der Waals surface area contributed by atoms with Crippen molar-refractivity contribution in [2.45, 2.75) is 13.8 Å². The molecular weight excluding hydrogens is 324 g/mol. The Morgan fingerprint density at radius 3 is 2.85 bits per heavy atom. The molecule has 0 aliphatic heterocycles. The molecule has 0 spiro atoms. The van der Waals surface area contributed by atoms with Gasteiger partial charge in [0.1, 0.15) is 0 Å². The van der Waals surface area contributed by atoms with Crippen molar-refractivity contribution in [3.05, 3.63) is 56.4 Å². The molecule has 0 bridgehead atoms. The van der Waals surface area contributed by atoms with Crippen molar-refractivity contribution in [1.82, 2.24) is 9.78 Å². The molecule has 0 aliphatic carbocycles. The number of carbonyl (C=O) groups is 1. The third-order valence-electron chi connectivity index (χ3n) is 2.76. The van der Waals surface area contributed by atoms with E-state index in [9.17, 15) is 9.59 Å². The summed E-state index contributed by atoms with van der Waals surface area (Å²) < 4.78 is 7.25. The molecule has 5 nitrogen and oxygen atoms in total. The van der Waals surface area contributed by atoms with Crippen LogP contribution in [0, 0.1) is 6.92 Å². The van der Waals surface area contributed by atoms with E-state index in [1.807, 2.05) is 25.1 Å². The Kier molecular flexibility index (Phi) is 4.34. The fourth-order valence-corrected chi connectivity index (χ4v) is 2.08. The molecule has 2 rings (SSSR count). The first-order valence-corrected chi connectivity index (χ1v) is 6.86. The summed E-state index contributed by atoms with van der Waals surface area (Å²) in [4.78, 5) is 23.4. The van der Waals surface area contributed by atoms with Gasteiger partial charge in [0.25, 0.3) is 0 Å². The highest BCUT2D eigenvalue weighted by molar-refractivity contribution is 9.10. The standard InChI is InChI=1S/C14H13BrN2O3/c1-3-20-14(19)13-12(18)7-8-17(16-13)11-6-4-5-10(15)9(11)2/h4-8H,3H2,1-2H3. The zero-order chi connectivity index (χ0) is 14.7. The van der Waals surface area contributed by atoms with Crippen molar-refractivity contribution in [2.75, 3.05) is 6.61 Å². The summed E-state index contributed by atoms with van der Waals surface area (Å²) >= 11 is 3.44. The lowest BCUT2D eigenvalue weighted by molar-refractivity contribution is 0.0515. The van der Waals surface area contributed by atoms with Gasteiger partial charge in [0, 0.05) is 16.7 Å². The van der Waals surface area contributed by atoms with E-state index in [4.69, 9.17) is 4.74 Å². The Morgan fingerprint density at radius 1 is 1.40 bits per heavy atom. The molecule has 0 unspecified atom stereocenters. The van der Waals surface area contributed by atoms with E-state index < -0.39 is 11.4 Å². The number of halogens is 1. The quantitative estimate of drug-likeness (QED) is 0.808. The molecule has 1 aromatic heterocycles. The molecule has 0 aliphatic rings. The Hall–Kier alpha value is -1.95. The second kappa shape index (κ2) is 6.00. The third-order valence-corrected chi connectivity index (χ3v) is 3.62. The second-order valence-electron chi connectivity index (χ2n) is 4.08. The monoisotopic (exact) mass is 336 g/mol. The largest absolute Gasteiger partial charge is 0.461 e. The van der Waals surface area contributed by atoms with Gasteiger partial charge >= 0.3 is 5.97 Å². The van der Waals surface area contributed by atoms with Crippen molar-refractivity contribution >= 4 is 21.9 Å². The molecule has 0 saturated heterocycles. The minimum Gasteiger partial charge on any atom is -0.461 e. The average molecular weight is 337 g/mol. The lowest BCUT2D eigenvalue weighted by Gasteiger charge is -2.10. The van der Waals surface area contributed by atoms with E-state index >= 15 is 0 Å². The van der Waals surface area contributed by atoms with Crippen LogP contribution in [0.25, 0.3) is 5.69 Å². The molecule has 1 aromatic carbocycles. The van der Waals surface area contributed by atoms with E-state index in [2.05, 4.69) is 21.0 Å². The molecule has 104 valence electrons. The predicted octanol–water partition coefficient (Wildman–Crippen LogP) is 2.48. The summed E-state index contributed by atoms with van der Waals surface area (Å²) in [5.41, 5.74) is 1.07. The molecule has 1 heterocycles. The third kappa shape index (κ3) is 2.80. The molecule has 0 fully saturated rings. The molecular formula is C14H13BrN2O3. The number of benzene rings is 1. The smallest absolute Gasteiger partial charge is 0.362 e. The summed E-state index contributed by atoms with van der Waals surface area (Å²) in [6.07, 6.45) is 1.53. The molecule has 2 aromatic rings. The summed E-state index contributed by atoms with van der Waals surface area (Å²) in [7, 11) is 0. The summed E-state index contributed by atoms with van der Waals surface area (Å²) in [6, 6.07) is 6.93. The van der Waals surface area contributed by atoms with Crippen LogP contribution in [0.2, 0.25) is 0 Å². The van der Waals surface area contributed by atoms with Crippen LogP contribution in [0.3, 0.4) is 0 Å². The topological polar surface area (TPSA) is 61.2 Å². The van der Waals surface area contributed by atoms with Gasteiger partial charge in [-0.2, -0.15) is 5.10 Å². The van der Waals surface area contributed by atoms with Gasteiger partial charge in [0.2, 0.25) is 11.1 Å². The molecule has 0 atom stereocenters. The van der Waals surface area contributed by atoms with Crippen molar-refractivity contribution in [3.63, 3.8) is 0 Å². The van der Waals surface area contributed by atoms with Crippen molar-refractivity contribution in [3.8, 4) is 5.69 Å². The number of carbonyl (C=O) groups excluding carboxylic acids is 1. The van der Waals surface area contributed by atoms with Gasteiger partial charge in [-0.1, -0.05) is 22.0 Å². The van der Waals surface area contributed by atoms with Crippen LogP contribution >= 0.6 is 15.9 Å². The van der Waals surface area contributed by atoms with E-state index in [1.54, 1.807) is 6.92 Å². The predicted molar refractivity (Wildman–Crippen MR) is 78.2 cm³/mol. The number of esters is 1. The number of rotatable bonds is 3. The minimum absolute atomic E-state index is 0.199. The van der Waals surface area contributed by atoms with Crippen molar-refractivity contribution in [2.24, 2.45) is 0 Å². The van der Waals surface area contributed by atoms with Crippen LogP contribution in [0.5, 0.6) is 0 Å². The SMILES string of the molecule is CCOC(=O)c1nn(-c2cccc(Br)c2C)ccc1=O. The molecule has 0 amide bonds. The van der Waals surface area contributed by atoms with Gasteiger partial charge in [0.05, 0.1) is 12.3 Å². The van der Waals surface area contributed by atoms with Crippen LogP contribution in [0.1, 0.15) is 23.0 Å². The summed E-state index contributed by atoms with van der Waals surface area (Å²) in [5.74, 6) is -0.709. The molecule has 0 N–H and O–H groups in total. The van der Waals surface area contributed by atoms with Crippen LogP contribution in [-0.4, -0.2) is 22.4 Å². The first-order valence-electron chi connectivity index (χ1n) is 6.07. The number of aromatic nitrogens is 2. The maximum atomic E-state index is 11.7. The lowest BCUT2D eigenvalue weighted by atomic mass is 10.2. The highest BCUT2D eigenvalue weighted by Crippen LogP contribution is 2.21. The number of ether oxygens (including phenoxy) is 1. The maximum absolute atomic E-state index is 11.7. The zero-order valence-corrected chi connectivity index (χ0v) is 12.7. The van der Waals surface area contributed by atoms with Gasteiger partial charge in [0.15, 0.2) is 0 Å². The van der Waals surface area contributed by atoms with Crippen molar-refractivity contribution in [1.29, 1.82) is 0 Å². The van der Waals surface area contributed by atoms with Gasteiger partial charge in [-0.15, -0.1) is 0 Å². The molecule has 6 heteroatoms. The summed E-state index contributed by atoms with van der Waals surface area (Å²) in [6.45, 7) is 3.80. The summed E-state index contributed by atoms with van der Waals surface area (Å²) in [5, 5.41) is 4.07. The van der Waals surface area contributed by atoms with Crippen LogP contribution < -0.4 is 5.43 Å². The average Bonchev–Trinajstić information content (AvgIpc) is 2.43. The highest BCUT2D eigenvalue weighted by Gasteiger charge is 2.15. The van der Waals surface area contributed by atoms with Crippen molar-refractivity contribution < 1.29 is 9.53 Å². The van der Waals surface area contributed by atoms with E-state index in [1.165, 1.54) is 16.9 Å². The fraction of sp³-hybridized carbons (Fsp3) is 0.214. The Balaban J connectivity index is 2.54. The highest BCUT2D eigenvalue weighted by atomic mass is 79.9.